The Morgan fingerprint density at radius 1 is 1.25 bits per heavy atom. The third kappa shape index (κ3) is 2.82. The Labute approximate surface area is 143 Å². The maximum absolute atomic E-state index is 13.3. The molecule has 0 radical (unpaired) electrons. The number of aromatic amines is 1. The molecule has 0 saturated heterocycles. The summed E-state index contributed by atoms with van der Waals surface area (Å²) in [6.45, 7) is 0.921. The predicted molar refractivity (Wildman–Crippen MR) is 93.1 cm³/mol. The van der Waals surface area contributed by atoms with Gasteiger partial charge in [-0.25, -0.2) is 8.70 Å². The van der Waals surface area contributed by atoms with Crippen molar-refractivity contribution in [3.05, 3.63) is 54.0 Å². The van der Waals surface area contributed by atoms with E-state index in [0.717, 1.165) is 33.5 Å². The van der Waals surface area contributed by atoms with Crippen LogP contribution >= 0.6 is 11.9 Å². The van der Waals surface area contributed by atoms with Crippen LogP contribution in [0.2, 0.25) is 0 Å². The fourth-order valence-corrected chi connectivity index (χ4v) is 4.15. The van der Waals surface area contributed by atoms with Gasteiger partial charge in [-0.05, 0) is 53.4 Å². The van der Waals surface area contributed by atoms with Gasteiger partial charge in [0.2, 0.25) is 0 Å². The zero-order valence-corrected chi connectivity index (χ0v) is 13.7. The van der Waals surface area contributed by atoms with Gasteiger partial charge in [-0.1, -0.05) is 6.07 Å². The second-order valence-corrected chi connectivity index (χ2v) is 7.10. The molecule has 1 aliphatic rings. The number of hydrogen-bond acceptors (Lipinski definition) is 4. The monoisotopic (exact) mass is 344 g/mol. The van der Waals surface area contributed by atoms with Gasteiger partial charge in [-0.2, -0.15) is 0 Å². The molecule has 4 nitrogen and oxygen atoms in total. The topological polar surface area (TPSA) is 59.5 Å². The molecule has 0 fully saturated rings. The fraction of sp³-hybridized carbons (Fsp3) is 0.222. The Morgan fingerprint density at radius 2 is 2.12 bits per heavy atom. The average Bonchev–Trinajstić information content (AvgIpc) is 3.16. The number of β-amino-alcohol motifs (C(OH)–C–C–N with tert-alkyl or cyclic N) is 1. The fourth-order valence-electron chi connectivity index (χ4n) is 3.05. The Bertz CT molecular complexity index is 896. The quantitative estimate of drug-likeness (QED) is 0.637. The lowest BCUT2D eigenvalue weighted by Crippen LogP contribution is -2.27. The van der Waals surface area contributed by atoms with E-state index in [9.17, 15) is 9.50 Å². The smallest absolute Gasteiger partial charge is 0.125 e. The Hall–Kier alpha value is -1.86. The minimum Gasteiger partial charge on any atom is -0.394 e. The van der Waals surface area contributed by atoms with E-state index >= 15 is 0 Å². The molecule has 124 valence electrons. The van der Waals surface area contributed by atoms with Gasteiger partial charge in [-0.15, -0.1) is 0 Å². The molecule has 1 aromatic heterocycles. The zero-order chi connectivity index (χ0) is 16.7. The van der Waals surface area contributed by atoms with Crippen LogP contribution in [0, 0.1) is 5.82 Å². The third-order valence-corrected chi connectivity index (χ3v) is 5.35. The van der Waals surface area contributed by atoms with E-state index in [4.69, 9.17) is 5.11 Å². The number of nitrogens with zero attached hydrogens (tertiary/aromatic N) is 1. The summed E-state index contributed by atoms with van der Waals surface area (Å²) in [7, 11) is 0. The highest BCUT2D eigenvalue weighted by molar-refractivity contribution is 7.97. The second-order valence-electron chi connectivity index (χ2n) is 5.96. The number of rotatable bonds is 4. The average molecular weight is 344 g/mol. The summed E-state index contributed by atoms with van der Waals surface area (Å²) >= 11 is 1.60. The Balaban J connectivity index is 1.64. The van der Waals surface area contributed by atoms with Gasteiger partial charge in [0, 0.05) is 40.6 Å². The molecular weight excluding hydrogens is 327 g/mol. The van der Waals surface area contributed by atoms with Gasteiger partial charge in [0.05, 0.1) is 12.7 Å². The van der Waals surface area contributed by atoms with Gasteiger partial charge >= 0.3 is 0 Å². The summed E-state index contributed by atoms with van der Waals surface area (Å²) in [4.78, 5) is 4.28. The van der Waals surface area contributed by atoms with Crippen LogP contribution in [-0.2, 0) is 6.54 Å². The number of benzene rings is 2. The first-order chi connectivity index (χ1) is 11.6. The van der Waals surface area contributed by atoms with E-state index < -0.39 is 6.10 Å². The SMILES string of the molecule is OC[C@@H](O)CN1Cc2cc(-c3c[nH]c4cc(F)ccc34)ccc2S1. The number of H-pyrrole nitrogens is 1. The molecule has 0 amide bonds. The van der Waals surface area contributed by atoms with Crippen LogP contribution in [-0.4, -0.2) is 38.8 Å². The molecule has 0 bridgehead atoms. The van der Waals surface area contributed by atoms with Gasteiger partial charge in [-0.3, -0.25) is 0 Å². The van der Waals surface area contributed by atoms with Gasteiger partial charge in [0.25, 0.3) is 0 Å². The van der Waals surface area contributed by atoms with Crippen molar-refractivity contribution in [2.24, 2.45) is 0 Å². The maximum atomic E-state index is 13.3. The second kappa shape index (κ2) is 6.22. The first-order valence-electron chi connectivity index (χ1n) is 7.76. The van der Waals surface area contributed by atoms with Crippen molar-refractivity contribution >= 4 is 22.9 Å². The summed E-state index contributed by atoms with van der Waals surface area (Å²) in [5, 5.41) is 19.6. The molecule has 4 rings (SSSR count). The highest BCUT2D eigenvalue weighted by atomic mass is 32.2. The number of aliphatic hydroxyl groups is 2. The van der Waals surface area contributed by atoms with Crippen molar-refractivity contribution < 1.29 is 14.6 Å². The third-order valence-electron chi connectivity index (χ3n) is 4.21. The number of hydrogen-bond donors (Lipinski definition) is 3. The van der Waals surface area contributed by atoms with E-state index in [1.165, 1.54) is 17.7 Å². The van der Waals surface area contributed by atoms with Crippen LogP contribution in [0.15, 0.2) is 47.5 Å². The largest absolute Gasteiger partial charge is 0.394 e. The Morgan fingerprint density at radius 3 is 2.96 bits per heavy atom. The standard InChI is InChI=1S/C18H17FN2O2S/c19-13-2-3-15-16(7-20-17(15)6-13)11-1-4-18-12(5-11)8-21(24-18)9-14(23)10-22/h1-7,14,20,22-23H,8-10H2/t14-/m0/s1. The molecule has 0 unspecified atom stereocenters. The number of halogens is 1. The van der Waals surface area contributed by atoms with Crippen molar-refractivity contribution in [3.8, 4) is 11.1 Å². The van der Waals surface area contributed by atoms with Gasteiger partial charge in [0.15, 0.2) is 0 Å². The molecule has 0 saturated carbocycles. The van der Waals surface area contributed by atoms with Crippen molar-refractivity contribution in [1.29, 1.82) is 0 Å². The highest BCUT2D eigenvalue weighted by Crippen LogP contribution is 2.39. The van der Waals surface area contributed by atoms with Crippen LogP contribution < -0.4 is 0 Å². The summed E-state index contributed by atoms with van der Waals surface area (Å²) in [6, 6.07) is 11.0. The van der Waals surface area contributed by atoms with Crippen LogP contribution in [0.3, 0.4) is 0 Å². The summed E-state index contributed by atoms with van der Waals surface area (Å²) < 4.78 is 15.4. The molecule has 1 atom stereocenters. The van der Waals surface area contributed by atoms with Crippen LogP contribution in [0.4, 0.5) is 4.39 Å². The number of aliphatic hydroxyl groups excluding tert-OH is 2. The summed E-state index contributed by atoms with van der Waals surface area (Å²) in [5.74, 6) is -0.251. The van der Waals surface area contributed by atoms with Crippen molar-refractivity contribution in [2.75, 3.05) is 13.2 Å². The van der Waals surface area contributed by atoms with Gasteiger partial charge < -0.3 is 15.2 Å². The van der Waals surface area contributed by atoms with Crippen molar-refractivity contribution in [2.45, 2.75) is 17.5 Å². The molecule has 1 aliphatic heterocycles. The lowest BCUT2D eigenvalue weighted by atomic mass is 10.0. The van der Waals surface area contributed by atoms with Crippen LogP contribution in [0.25, 0.3) is 22.0 Å². The molecule has 2 aromatic carbocycles. The minimum atomic E-state index is -0.727. The molecule has 3 aromatic rings. The van der Waals surface area contributed by atoms with E-state index in [-0.39, 0.29) is 12.4 Å². The zero-order valence-electron chi connectivity index (χ0n) is 12.9. The van der Waals surface area contributed by atoms with E-state index in [1.807, 2.05) is 10.5 Å². The van der Waals surface area contributed by atoms with E-state index in [2.05, 4.69) is 23.2 Å². The van der Waals surface area contributed by atoms with Crippen LogP contribution in [0.5, 0.6) is 0 Å². The molecule has 0 spiro atoms. The van der Waals surface area contributed by atoms with Crippen LogP contribution in [0.1, 0.15) is 5.56 Å². The lowest BCUT2D eigenvalue weighted by Gasteiger charge is -2.16. The first kappa shape index (κ1) is 15.7. The number of aromatic nitrogens is 1. The summed E-state index contributed by atoms with van der Waals surface area (Å²) in [5.41, 5.74) is 4.11. The Kier molecular flexibility index (Phi) is 4.05. The summed E-state index contributed by atoms with van der Waals surface area (Å²) in [6.07, 6.45) is 1.18. The molecule has 3 N–H and O–H groups in total. The predicted octanol–water partition coefficient (Wildman–Crippen LogP) is 3.15. The van der Waals surface area contributed by atoms with Gasteiger partial charge in [0.1, 0.15) is 5.82 Å². The van der Waals surface area contributed by atoms with Crippen molar-refractivity contribution in [3.63, 3.8) is 0 Å². The molecular formula is C18H17FN2O2S. The maximum Gasteiger partial charge on any atom is 0.125 e. The normalized spacial score (nSPS) is 15.8. The number of nitrogens with one attached hydrogen (secondary N) is 1. The lowest BCUT2D eigenvalue weighted by molar-refractivity contribution is 0.0804. The highest BCUT2D eigenvalue weighted by Gasteiger charge is 2.22. The molecule has 6 heteroatoms. The van der Waals surface area contributed by atoms with E-state index in [1.54, 1.807) is 18.0 Å². The number of fused-ring (bicyclic) bond motifs is 2. The molecule has 0 aliphatic carbocycles. The molecule has 24 heavy (non-hydrogen) atoms. The molecule has 2 heterocycles. The van der Waals surface area contributed by atoms with E-state index in [0.29, 0.717) is 6.54 Å². The van der Waals surface area contributed by atoms with Crippen molar-refractivity contribution in [1.82, 2.24) is 9.29 Å². The first-order valence-corrected chi connectivity index (χ1v) is 8.53. The minimum absolute atomic E-state index is 0.232.